The Morgan fingerprint density at radius 2 is 1.89 bits per heavy atom. The van der Waals surface area contributed by atoms with Crippen LogP contribution in [0.1, 0.15) is 11.1 Å². The fourth-order valence-electron chi connectivity index (χ4n) is 1.66. The molecule has 1 N–H and O–H groups in total. The second-order valence-electron chi connectivity index (χ2n) is 3.97. The van der Waals surface area contributed by atoms with E-state index < -0.39 is 0 Å². The Morgan fingerprint density at radius 1 is 1.16 bits per heavy atom. The van der Waals surface area contributed by atoms with E-state index in [1.807, 2.05) is 18.2 Å². The maximum absolute atomic E-state index is 9.02. The molecule has 0 unspecified atom stereocenters. The van der Waals surface area contributed by atoms with Crippen molar-refractivity contribution < 1.29 is 9.84 Å². The highest BCUT2D eigenvalue weighted by atomic mass is 35.5. The summed E-state index contributed by atoms with van der Waals surface area (Å²) in [5.41, 5.74) is 1.43. The molecule has 0 spiro atoms. The van der Waals surface area contributed by atoms with Crippen molar-refractivity contribution in [2.45, 2.75) is 6.42 Å². The van der Waals surface area contributed by atoms with Crippen LogP contribution in [-0.4, -0.2) is 11.7 Å². The van der Waals surface area contributed by atoms with Crippen LogP contribution in [0.4, 0.5) is 0 Å². The zero-order valence-corrected chi connectivity index (χ0v) is 10.9. The molecule has 0 amide bonds. The van der Waals surface area contributed by atoms with Crippen LogP contribution >= 0.6 is 11.6 Å². The molecule has 0 aromatic heterocycles. The van der Waals surface area contributed by atoms with Crippen molar-refractivity contribution in [2.24, 2.45) is 0 Å². The normalized spacial score (nSPS) is 9.95. The summed E-state index contributed by atoms with van der Waals surface area (Å²) in [5.74, 6) is 1.11. The minimum atomic E-state index is 0.121. The van der Waals surface area contributed by atoms with Gasteiger partial charge in [0, 0.05) is 11.6 Å². The first-order valence-electron chi connectivity index (χ1n) is 5.80. The van der Waals surface area contributed by atoms with E-state index in [0.29, 0.717) is 28.5 Å². The molecule has 0 radical (unpaired) electrons. The van der Waals surface area contributed by atoms with Crippen LogP contribution in [0.3, 0.4) is 0 Å². The lowest BCUT2D eigenvalue weighted by molar-refractivity contribution is 0.299. The molecule has 0 atom stereocenters. The summed E-state index contributed by atoms with van der Waals surface area (Å²) >= 11 is 5.82. The van der Waals surface area contributed by atoms with Crippen molar-refractivity contribution in [3.8, 4) is 17.6 Å². The summed E-state index contributed by atoms with van der Waals surface area (Å²) in [6, 6.07) is 14.3. The fourth-order valence-corrected chi connectivity index (χ4v) is 1.83. The predicted molar refractivity (Wildman–Crippen MR) is 73.5 cm³/mol. The predicted octanol–water partition coefficient (Wildman–Crippen LogP) is 3.54. The Morgan fingerprint density at radius 3 is 2.53 bits per heavy atom. The van der Waals surface area contributed by atoms with E-state index in [-0.39, 0.29) is 6.61 Å². The molecular formula is C15H12ClNO2. The van der Waals surface area contributed by atoms with E-state index in [4.69, 9.17) is 26.7 Å². The molecule has 0 saturated heterocycles. The molecular weight excluding hydrogens is 262 g/mol. The lowest BCUT2D eigenvalue weighted by Gasteiger charge is -2.08. The van der Waals surface area contributed by atoms with Crippen molar-refractivity contribution in [1.29, 1.82) is 5.26 Å². The standard InChI is InChI=1S/C15H12ClNO2/c16-13-3-6-15(12(9-13)10-17)19-14-4-1-11(2-5-14)7-8-18/h1-6,9,18H,7-8H2. The number of nitrogens with zero attached hydrogens (tertiary/aromatic N) is 1. The van der Waals surface area contributed by atoms with Gasteiger partial charge in [-0.3, -0.25) is 0 Å². The van der Waals surface area contributed by atoms with Crippen LogP contribution in [0, 0.1) is 11.3 Å². The number of aliphatic hydroxyl groups excluding tert-OH is 1. The van der Waals surface area contributed by atoms with Gasteiger partial charge in [0.05, 0.1) is 5.56 Å². The molecule has 2 rings (SSSR count). The summed E-state index contributed by atoms with van der Waals surface area (Å²) in [7, 11) is 0. The Hall–Kier alpha value is -2.02. The van der Waals surface area contributed by atoms with E-state index in [1.165, 1.54) is 0 Å². The molecule has 96 valence electrons. The number of nitriles is 1. The lowest BCUT2D eigenvalue weighted by atomic mass is 10.1. The maximum Gasteiger partial charge on any atom is 0.145 e. The summed E-state index contributed by atoms with van der Waals surface area (Å²) in [6.07, 6.45) is 0.616. The number of benzene rings is 2. The van der Waals surface area contributed by atoms with Crippen LogP contribution < -0.4 is 4.74 Å². The fraction of sp³-hybridized carbons (Fsp3) is 0.133. The topological polar surface area (TPSA) is 53.2 Å². The second kappa shape index (κ2) is 6.24. The van der Waals surface area contributed by atoms with Crippen molar-refractivity contribution in [3.05, 3.63) is 58.6 Å². The van der Waals surface area contributed by atoms with Crippen molar-refractivity contribution in [3.63, 3.8) is 0 Å². The first kappa shape index (κ1) is 13.4. The van der Waals surface area contributed by atoms with Gasteiger partial charge in [-0.05, 0) is 42.3 Å². The van der Waals surface area contributed by atoms with E-state index in [0.717, 1.165) is 5.56 Å². The minimum absolute atomic E-state index is 0.121. The largest absolute Gasteiger partial charge is 0.456 e. The van der Waals surface area contributed by atoms with Gasteiger partial charge >= 0.3 is 0 Å². The zero-order valence-electron chi connectivity index (χ0n) is 10.1. The number of ether oxygens (including phenoxy) is 1. The summed E-state index contributed by atoms with van der Waals surface area (Å²) < 4.78 is 5.64. The number of halogens is 1. The molecule has 2 aromatic carbocycles. The molecule has 19 heavy (non-hydrogen) atoms. The Labute approximate surface area is 116 Å². The van der Waals surface area contributed by atoms with Crippen LogP contribution in [0.25, 0.3) is 0 Å². The van der Waals surface area contributed by atoms with Crippen molar-refractivity contribution in [2.75, 3.05) is 6.61 Å². The molecule has 0 aliphatic rings. The van der Waals surface area contributed by atoms with Gasteiger partial charge in [0.25, 0.3) is 0 Å². The van der Waals surface area contributed by atoms with E-state index in [9.17, 15) is 0 Å². The summed E-state index contributed by atoms with van der Waals surface area (Å²) in [4.78, 5) is 0. The number of aliphatic hydroxyl groups is 1. The van der Waals surface area contributed by atoms with Gasteiger partial charge in [0.15, 0.2) is 0 Å². The van der Waals surface area contributed by atoms with Crippen LogP contribution in [-0.2, 0) is 6.42 Å². The lowest BCUT2D eigenvalue weighted by Crippen LogP contribution is -1.91. The van der Waals surface area contributed by atoms with Crippen LogP contribution in [0.15, 0.2) is 42.5 Å². The van der Waals surface area contributed by atoms with Gasteiger partial charge in [-0.2, -0.15) is 5.26 Å². The highest BCUT2D eigenvalue weighted by molar-refractivity contribution is 6.30. The molecule has 0 aliphatic heterocycles. The number of hydrogen-bond acceptors (Lipinski definition) is 3. The Bertz CT molecular complexity index is 603. The molecule has 2 aromatic rings. The third kappa shape index (κ3) is 3.47. The third-order valence-electron chi connectivity index (χ3n) is 2.61. The molecule has 0 bridgehead atoms. The summed E-state index contributed by atoms with van der Waals surface area (Å²) in [6.45, 7) is 0.121. The van der Waals surface area contributed by atoms with E-state index >= 15 is 0 Å². The molecule has 3 nitrogen and oxygen atoms in total. The number of hydrogen-bond donors (Lipinski definition) is 1. The van der Waals surface area contributed by atoms with Crippen molar-refractivity contribution in [1.82, 2.24) is 0 Å². The smallest absolute Gasteiger partial charge is 0.145 e. The first-order chi connectivity index (χ1) is 9.22. The Balaban J connectivity index is 2.19. The molecule has 0 saturated carbocycles. The second-order valence-corrected chi connectivity index (χ2v) is 4.41. The van der Waals surface area contributed by atoms with Gasteiger partial charge in [-0.15, -0.1) is 0 Å². The average molecular weight is 274 g/mol. The monoisotopic (exact) mass is 273 g/mol. The minimum Gasteiger partial charge on any atom is -0.456 e. The summed E-state index contributed by atoms with van der Waals surface area (Å²) in [5, 5.41) is 18.4. The van der Waals surface area contributed by atoms with Gasteiger partial charge in [0.1, 0.15) is 17.6 Å². The highest BCUT2D eigenvalue weighted by Crippen LogP contribution is 2.27. The molecule has 4 heteroatoms. The van der Waals surface area contributed by atoms with Gasteiger partial charge in [0.2, 0.25) is 0 Å². The van der Waals surface area contributed by atoms with Gasteiger partial charge in [-0.25, -0.2) is 0 Å². The maximum atomic E-state index is 9.02. The number of rotatable bonds is 4. The van der Waals surface area contributed by atoms with Gasteiger partial charge < -0.3 is 9.84 Å². The van der Waals surface area contributed by atoms with Gasteiger partial charge in [-0.1, -0.05) is 23.7 Å². The zero-order chi connectivity index (χ0) is 13.7. The first-order valence-corrected chi connectivity index (χ1v) is 6.18. The molecule has 0 fully saturated rings. The highest BCUT2D eigenvalue weighted by Gasteiger charge is 2.05. The SMILES string of the molecule is N#Cc1cc(Cl)ccc1Oc1ccc(CCO)cc1. The van der Waals surface area contributed by atoms with Crippen LogP contribution in [0.2, 0.25) is 5.02 Å². The van der Waals surface area contributed by atoms with E-state index in [2.05, 4.69) is 0 Å². The molecule has 0 aliphatic carbocycles. The van der Waals surface area contributed by atoms with Crippen LogP contribution in [0.5, 0.6) is 11.5 Å². The Kier molecular flexibility index (Phi) is 4.40. The van der Waals surface area contributed by atoms with E-state index in [1.54, 1.807) is 30.3 Å². The molecule has 0 heterocycles. The van der Waals surface area contributed by atoms with Crippen molar-refractivity contribution >= 4 is 11.6 Å². The average Bonchev–Trinajstić information content (AvgIpc) is 2.43. The quantitative estimate of drug-likeness (QED) is 0.927. The third-order valence-corrected chi connectivity index (χ3v) is 2.85.